The van der Waals surface area contributed by atoms with Crippen molar-refractivity contribution >= 4 is 21.6 Å². The number of piperidine rings is 1. The summed E-state index contributed by atoms with van der Waals surface area (Å²) < 4.78 is 0.937. The molecule has 0 radical (unpaired) electrons. The number of anilines is 1. The predicted molar refractivity (Wildman–Crippen MR) is 73.4 cm³/mol. The average Bonchev–Trinajstić information content (AvgIpc) is 2.62. The number of nitriles is 1. The number of nitrogens with zero attached hydrogens (tertiary/aromatic N) is 2. The zero-order chi connectivity index (χ0) is 12.7. The maximum Gasteiger partial charge on any atom is 0.101 e. The van der Waals surface area contributed by atoms with Crippen molar-refractivity contribution in [2.45, 2.75) is 43.9 Å². The summed E-state index contributed by atoms with van der Waals surface area (Å²) in [6, 6.07) is 8.95. The molecule has 0 saturated carbocycles. The molecule has 1 aromatic carbocycles. The van der Waals surface area contributed by atoms with Crippen molar-refractivity contribution in [1.29, 1.82) is 5.26 Å². The first-order valence-corrected chi connectivity index (χ1v) is 7.14. The smallest absolute Gasteiger partial charge is 0.101 e. The van der Waals surface area contributed by atoms with Gasteiger partial charge in [0.25, 0.3) is 0 Å². The first-order valence-electron chi connectivity index (χ1n) is 6.35. The summed E-state index contributed by atoms with van der Waals surface area (Å²) in [5.41, 5.74) is 1.75. The largest absolute Gasteiger partial charge is 0.393 e. The van der Waals surface area contributed by atoms with Crippen LogP contribution in [0.25, 0.3) is 0 Å². The van der Waals surface area contributed by atoms with Crippen molar-refractivity contribution in [2.75, 3.05) is 4.90 Å². The standard InChI is InChI=1S/C14H15BrN2O/c15-10-1-4-14(9(5-10)8-16)17-11-2-3-12(17)7-13(18)6-11/h1,4-5,11-13,18H,2-3,6-7H2. The maximum absolute atomic E-state index is 9.83. The van der Waals surface area contributed by atoms with Gasteiger partial charge in [0, 0.05) is 16.6 Å². The van der Waals surface area contributed by atoms with Crippen LogP contribution in [0.3, 0.4) is 0 Å². The zero-order valence-corrected chi connectivity index (χ0v) is 11.6. The molecule has 2 heterocycles. The summed E-state index contributed by atoms with van der Waals surface area (Å²) in [5, 5.41) is 19.1. The summed E-state index contributed by atoms with van der Waals surface area (Å²) in [6.07, 6.45) is 3.75. The number of aliphatic hydroxyl groups is 1. The normalized spacial score (nSPS) is 30.3. The lowest BCUT2D eigenvalue weighted by atomic mass is 9.98. The van der Waals surface area contributed by atoms with E-state index in [1.807, 2.05) is 18.2 Å². The van der Waals surface area contributed by atoms with Crippen LogP contribution in [0.2, 0.25) is 0 Å². The molecule has 0 aromatic heterocycles. The van der Waals surface area contributed by atoms with E-state index in [1.54, 1.807) is 0 Å². The molecular weight excluding hydrogens is 292 g/mol. The average molecular weight is 307 g/mol. The van der Waals surface area contributed by atoms with Gasteiger partial charge in [-0.1, -0.05) is 15.9 Å². The molecule has 0 aliphatic carbocycles. The zero-order valence-electron chi connectivity index (χ0n) is 10.0. The molecule has 0 spiro atoms. The van der Waals surface area contributed by atoms with E-state index in [-0.39, 0.29) is 6.10 Å². The van der Waals surface area contributed by atoms with Gasteiger partial charge in [0.1, 0.15) is 6.07 Å². The summed E-state index contributed by atoms with van der Waals surface area (Å²) in [5.74, 6) is 0. The van der Waals surface area contributed by atoms with E-state index in [2.05, 4.69) is 26.9 Å². The Morgan fingerprint density at radius 2 is 1.94 bits per heavy atom. The number of hydrogen-bond donors (Lipinski definition) is 1. The van der Waals surface area contributed by atoms with Gasteiger partial charge in [-0.25, -0.2) is 0 Å². The van der Waals surface area contributed by atoms with Crippen molar-refractivity contribution in [3.8, 4) is 6.07 Å². The number of aliphatic hydroxyl groups excluding tert-OH is 1. The van der Waals surface area contributed by atoms with Gasteiger partial charge in [0.15, 0.2) is 0 Å². The lowest BCUT2D eigenvalue weighted by Crippen LogP contribution is -2.45. The third-order valence-corrected chi connectivity index (χ3v) is 4.56. The van der Waals surface area contributed by atoms with Gasteiger partial charge in [-0.2, -0.15) is 5.26 Å². The predicted octanol–water partition coefficient (Wildman–Crippen LogP) is 2.81. The molecule has 94 valence electrons. The molecule has 2 aliphatic heterocycles. The molecule has 2 saturated heterocycles. The highest BCUT2D eigenvalue weighted by atomic mass is 79.9. The third kappa shape index (κ3) is 1.92. The van der Waals surface area contributed by atoms with Crippen molar-refractivity contribution in [3.05, 3.63) is 28.2 Å². The molecule has 2 unspecified atom stereocenters. The summed E-state index contributed by atoms with van der Waals surface area (Å²) in [6.45, 7) is 0. The molecule has 3 rings (SSSR count). The van der Waals surface area contributed by atoms with Crippen LogP contribution < -0.4 is 4.90 Å². The van der Waals surface area contributed by atoms with Crippen molar-refractivity contribution < 1.29 is 5.11 Å². The van der Waals surface area contributed by atoms with Crippen LogP contribution in [0.15, 0.2) is 22.7 Å². The SMILES string of the molecule is N#Cc1cc(Br)ccc1N1C2CCC1CC(O)C2. The fourth-order valence-corrected chi connectivity index (χ4v) is 3.73. The third-order valence-electron chi connectivity index (χ3n) is 4.07. The molecule has 0 amide bonds. The summed E-state index contributed by atoms with van der Waals surface area (Å²) in [7, 11) is 0. The van der Waals surface area contributed by atoms with Gasteiger partial charge in [0.2, 0.25) is 0 Å². The van der Waals surface area contributed by atoms with Crippen LogP contribution in [0.1, 0.15) is 31.2 Å². The summed E-state index contributed by atoms with van der Waals surface area (Å²) in [4.78, 5) is 2.36. The Bertz CT molecular complexity index is 497. The van der Waals surface area contributed by atoms with Crippen LogP contribution in [0, 0.1) is 11.3 Å². The molecule has 2 fully saturated rings. The molecular formula is C14H15BrN2O. The van der Waals surface area contributed by atoms with E-state index in [0.717, 1.165) is 41.4 Å². The molecule has 1 N–H and O–H groups in total. The van der Waals surface area contributed by atoms with Crippen LogP contribution in [0.5, 0.6) is 0 Å². The minimum absolute atomic E-state index is 0.167. The fourth-order valence-electron chi connectivity index (χ4n) is 3.36. The second kappa shape index (κ2) is 4.56. The van der Waals surface area contributed by atoms with Crippen LogP contribution >= 0.6 is 15.9 Å². The van der Waals surface area contributed by atoms with E-state index in [4.69, 9.17) is 0 Å². The highest BCUT2D eigenvalue weighted by Crippen LogP contribution is 2.40. The van der Waals surface area contributed by atoms with Crippen LogP contribution in [-0.2, 0) is 0 Å². The first-order chi connectivity index (χ1) is 8.69. The lowest BCUT2D eigenvalue weighted by Gasteiger charge is -2.39. The fraction of sp³-hybridized carbons (Fsp3) is 0.500. The highest BCUT2D eigenvalue weighted by Gasteiger charge is 2.40. The Morgan fingerprint density at radius 1 is 1.28 bits per heavy atom. The van der Waals surface area contributed by atoms with Gasteiger partial charge in [0.05, 0.1) is 17.4 Å². The molecule has 3 nitrogen and oxygen atoms in total. The second-order valence-electron chi connectivity index (χ2n) is 5.19. The number of benzene rings is 1. The summed E-state index contributed by atoms with van der Waals surface area (Å²) >= 11 is 3.41. The van der Waals surface area contributed by atoms with Gasteiger partial charge in [-0.05, 0) is 43.9 Å². The number of hydrogen-bond acceptors (Lipinski definition) is 3. The van der Waals surface area contributed by atoms with Crippen molar-refractivity contribution in [3.63, 3.8) is 0 Å². The monoisotopic (exact) mass is 306 g/mol. The first kappa shape index (κ1) is 12.0. The highest BCUT2D eigenvalue weighted by molar-refractivity contribution is 9.10. The number of fused-ring (bicyclic) bond motifs is 2. The Labute approximate surface area is 115 Å². The Balaban J connectivity index is 1.99. The van der Waals surface area contributed by atoms with Gasteiger partial charge in [-0.3, -0.25) is 0 Å². The minimum atomic E-state index is -0.167. The van der Waals surface area contributed by atoms with E-state index >= 15 is 0 Å². The van der Waals surface area contributed by atoms with Gasteiger partial charge >= 0.3 is 0 Å². The maximum atomic E-state index is 9.83. The van der Waals surface area contributed by atoms with E-state index in [0.29, 0.717) is 12.1 Å². The van der Waals surface area contributed by atoms with E-state index in [1.165, 1.54) is 0 Å². The lowest BCUT2D eigenvalue weighted by molar-refractivity contribution is 0.126. The van der Waals surface area contributed by atoms with E-state index in [9.17, 15) is 10.4 Å². The quantitative estimate of drug-likeness (QED) is 0.868. The van der Waals surface area contributed by atoms with Crippen LogP contribution in [-0.4, -0.2) is 23.3 Å². The van der Waals surface area contributed by atoms with Gasteiger partial charge < -0.3 is 10.0 Å². The topological polar surface area (TPSA) is 47.3 Å². The van der Waals surface area contributed by atoms with Crippen molar-refractivity contribution in [2.24, 2.45) is 0 Å². The Kier molecular flexibility index (Phi) is 3.04. The molecule has 2 bridgehead atoms. The Morgan fingerprint density at radius 3 is 2.56 bits per heavy atom. The molecule has 2 aliphatic rings. The molecule has 1 aromatic rings. The molecule has 2 atom stereocenters. The number of rotatable bonds is 1. The molecule has 4 heteroatoms. The Hall–Kier alpha value is -1.05. The van der Waals surface area contributed by atoms with E-state index < -0.39 is 0 Å². The minimum Gasteiger partial charge on any atom is -0.393 e. The van der Waals surface area contributed by atoms with Crippen molar-refractivity contribution in [1.82, 2.24) is 0 Å². The molecule has 18 heavy (non-hydrogen) atoms. The second-order valence-corrected chi connectivity index (χ2v) is 6.11. The van der Waals surface area contributed by atoms with Gasteiger partial charge in [-0.15, -0.1) is 0 Å². The number of halogens is 1. The van der Waals surface area contributed by atoms with Crippen LogP contribution in [0.4, 0.5) is 5.69 Å².